The zero-order valence-corrected chi connectivity index (χ0v) is 14.7. The van der Waals surface area contributed by atoms with E-state index in [4.69, 9.17) is 0 Å². The van der Waals surface area contributed by atoms with Crippen LogP contribution in [0.15, 0.2) is 30.7 Å². The van der Waals surface area contributed by atoms with Crippen LogP contribution in [0.25, 0.3) is 5.69 Å². The summed E-state index contributed by atoms with van der Waals surface area (Å²) >= 11 is 0. The fourth-order valence-electron chi connectivity index (χ4n) is 3.73. The fraction of sp³-hybridized carbons (Fsp3) is 0.526. The van der Waals surface area contributed by atoms with Crippen LogP contribution in [0.1, 0.15) is 54.6 Å². The number of rotatable bonds is 6. The number of nitrogens with one attached hydrogen (secondary N) is 1. The van der Waals surface area contributed by atoms with Crippen LogP contribution >= 0.6 is 0 Å². The lowest BCUT2D eigenvalue weighted by molar-refractivity contribution is 0.0899. The van der Waals surface area contributed by atoms with Gasteiger partial charge in [0.25, 0.3) is 5.91 Å². The molecule has 1 fully saturated rings. The van der Waals surface area contributed by atoms with Crippen molar-refractivity contribution in [3.63, 3.8) is 0 Å². The Morgan fingerprint density at radius 2 is 2.04 bits per heavy atom. The van der Waals surface area contributed by atoms with Crippen molar-refractivity contribution < 1.29 is 9.90 Å². The van der Waals surface area contributed by atoms with Gasteiger partial charge >= 0.3 is 0 Å². The molecular weight excluding hydrogens is 316 g/mol. The largest absolute Gasteiger partial charge is 0.396 e. The number of hydrogen-bond acceptors (Lipinski definition) is 4. The lowest BCUT2D eigenvalue weighted by atomic mass is 9.82. The maximum absolute atomic E-state index is 12.8. The third-order valence-electron chi connectivity index (χ3n) is 5.14. The molecule has 2 aromatic heterocycles. The summed E-state index contributed by atoms with van der Waals surface area (Å²) in [6.07, 6.45) is 11.6. The lowest BCUT2D eigenvalue weighted by Crippen LogP contribution is -2.41. The Balaban J connectivity index is 1.74. The molecule has 2 aromatic rings. The van der Waals surface area contributed by atoms with Gasteiger partial charge in [0, 0.05) is 25.0 Å². The van der Waals surface area contributed by atoms with Crippen molar-refractivity contribution in [3.8, 4) is 5.69 Å². The smallest absolute Gasteiger partial charge is 0.254 e. The highest BCUT2D eigenvalue weighted by molar-refractivity contribution is 5.95. The third-order valence-corrected chi connectivity index (χ3v) is 5.14. The van der Waals surface area contributed by atoms with Gasteiger partial charge in [0.15, 0.2) is 0 Å². The van der Waals surface area contributed by atoms with Gasteiger partial charge in [-0.1, -0.05) is 19.3 Å². The van der Waals surface area contributed by atoms with Crippen LogP contribution in [-0.4, -0.2) is 38.4 Å². The van der Waals surface area contributed by atoms with Crippen LogP contribution < -0.4 is 5.32 Å². The topological polar surface area (TPSA) is 80.0 Å². The molecule has 2 heterocycles. The molecule has 3 rings (SSSR count). The van der Waals surface area contributed by atoms with Crippen LogP contribution in [-0.2, 0) is 0 Å². The number of aromatic nitrogens is 3. The predicted octanol–water partition coefficient (Wildman–Crippen LogP) is 2.64. The van der Waals surface area contributed by atoms with Crippen LogP contribution in [0, 0.1) is 12.8 Å². The molecule has 1 unspecified atom stereocenters. The molecule has 134 valence electrons. The molecule has 1 atom stereocenters. The maximum Gasteiger partial charge on any atom is 0.254 e. The Morgan fingerprint density at radius 3 is 2.72 bits per heavy atom. The van der Waals surface area contributed by atoms with Crippen molar-refractivity contribution in [1.29, 1.82) is 0 Å². The number of pyridine rings is 1. The number of nitrogens with zero attached hydrogens (tertiary/aromatic N) is 3. The summed E-state index contributed by atoms with van der Waals surface area (Å²) in [7, 11) is 0. The van der Waals surface area contributed by atoms with Crippen LogP contribution in [0.5, 0.6) is 0 Å². The van der Waals surface area contributed by atoms with E-state index < -0.39 is 0 Å². The average Bonchev–Trinajstić information content (AvgIpc) is 3.04. The van der Waals surface area contributed by atoms with Gasteiger partial charge in [-0.3, -0.25) is 9.78 Å². The number of carbonyl (C=O) groups is 1. The third kappa shape index (κ3) is 4.07. The zero-order valence-electron chi connectivity index (χ0n) is 14.7. The standard InChI is InChI=1S/C19H26N4O2/c1-14-17(13-21-23(14)16-7-10-20-11-8-16)19(25)22-18(9-12-24)15-5-3-2-4-6-15/h7-8,10-11,13,15,18,24H,2-6,9,12H2,1H3,(H,22,25). The number of aliphatic hydroxyl groups is 1. The van der Waals surface area contributed by atoms with E-state index in [1.165, 1.54) is 19.3 Å². The van der Waals surface area contributed by atoms with Crippen molar-refractivity contribution in [2.24, 2.45) is 5.92 Å². The molecule has 25 heavy (non-hydrogen) atoms. The van der Waals surface area contributed by atoms with Crippen molar-refractivity contribution >= 4 is 5.91 Å². The summed E-state index contributed by atoms with van der Waals surface area (Å²) in [5, 5.41) is 16.9. The van der Waals surface area contributed by atoms with E-state index in [0.29, 0.717) is 17.9 Å². The minimum absolute atomic E-state index is 0.0291. The normalized spacial score (nSPS) is 16.6. The van der Waals surface area contributed by atoms with Gasteiger partial charge in [-0.25, -0.2) is 4.68 Å². The Kier molecular flexibility index (Phi) is 5.81. The highest BCUT2D eigenvalue weighted by Gasteiger charge is 2.26. The van der Waals surface area contributed by atoms with Gasteiger partial charge in [0.1, 0.15) is 0 Å². The highest BCUT2D eigenvalue weighted by Crippen LogP contribution is 2.28. The summed E-state index contributed by atoms with van der Waals surface area (Å²) < 4.78 is 1.75. The molecule has 1 amide bonds. The molecule has 1 aliphatic rings. The van der Waals surface area contributed by atoms with E-state index in [9.17, 15) is 9.90 Å². The van der Waals surface area contributed by atoms with Crippen LogP contribution in [0.4, 0.5) is 0 Å². The van der Waals surface area contributed by atoms with Crippen LogP contribution in [0.2, 0.25) is 0 Å². The summed E-state index contributed by atoms with van der Waals surface area (Å²) in [6.45, 7) is 1.99. The second-order valence-corrected chi connectivity index (χ2v) is 6.75. The summed E-state index contributed by atoms with van der Waals surface area (Å²) in [6, 6.07) is 3.75. The van der Waals surface area contributed by atoms with Crippen molar-refractivity contribution in [3.05, 3.63) is 42.0 Å². The van der Waals surface area contributed by atoms with E-state index in [1.807, 2.05) is 19.1 Å². The first-order valence-electron chi connectivity index (χ1n) is 9.07. The average molecular weight is 342 g/mol. The number of amides is 1. The van der Waals surface area contributed by atoms with E-state index in [-0.39, 0.29) is 18.6 Å². The fourth-order valence-corrected chi connectivity index (χ4v) is 3.73. The van der Waals surface area contributed by atoms with Crippen molar-refractivity contribution in [2.45, 2.75) is 51.5 Å². The van der Waals surface area contributed by atoms with E-state index in [0.717, 1.165) is 24.2 Å². The Hall–Kier alpha value is -2.21. The lowest BCUT2D eigenvalue weighted by Gasteiger charge is -2.30. The van der Waals surface area contributed by atoms with Crippen molar-refractivity contribution in [2.75, 3.05) is 6.61 Å². The van der Waals surface area contributed by atoms with Crippen LogP contribution in [0.3, 0.4) is 0 Å². The van der Waals surface area contributed by atoms with Gasteiger partial charge in [-0.05, 0) is 44.2 Å². The minimum Gasteiger partial charge on any atom is -0.396 e. The van der Waals surface area contributed by atoms with Gasteiger partial charge in [0.05, 0.1) is 23.1 Å². The molecule has 6 nitrogen and oxygen atoms in total. The van der Waals surface area contributed by atoms with Gasteiger partial charge in [0.2, 0.25) is 0 Å². The second kappa shape index (κ2) is 8.25. The molecular formula is C19H26N4O2. The maximum atomic E-state index is 12.8. The predicted molar refractivity (Wildman–Crippen MR) is 95.6 cm³/mol. The van der Waals surface area contributed by atoms with Gasteiger partial charge < -0.3 is 10.4 Å². The van der Waals surface area contributed by atoms with E-state index in [2.05, 4.69) is 15.4 Å². The molecule has 0 radical (unpaired) electrons. The molecule has 1 saturated carbocycles. The molecule has 6 heteroatoms. The molecule has 0 bridgehead atoms. The molecule has 0 saturated heterocycles. The summed E-state index contributed by atoms with van der Waals surface area (Å²) in [5.41, 5.74) is 2.26. The summed E-state index contributed by atoms with van der Waals surface area (Å²) in [5.74, 6) is 0.349. The van der Waals surface area contributed by atoms with E-state index in [1.54, 1.807) is 23.3 Å². The number of carbonyl (C=O) groups excluding carboxylic acids is 1. The molecule has 2 N–H and O–H groups in total. The second-order valence-electron chi connectivity index (χ2n) is 6.75. The highest BCUT2D eigenvalue weighted by atomic mass is 16.3. The zero-order chi connectivity index (χ0) is 17.6. The quantitative estimate of drug-likeness (QED) is 0.846. The summed E-state index contributed by atoms with van der Waals surface area (Å²) in [4.78, 5) is 16.8. The Bertz CT molecular complexity index is 693. The minimum atomic E-state index is -0.109. The molecule has 1 aliphatic carbocycles. The number of hydrogen-bond donors (Lipinski definition) is 2. The first-order valence-corrected chi connectivity index (χ1v) is 9.07. The molecule has 0 aliphatic heterocycles. The molecule has 0 spiro atoms. The SMILES string of the molecule is Cc1c(C(=O)NC(CCO)C2CCCCC2)cnn1-c1ccncc1. The number of aliphatic hydroxyl groups excluding tert-OH is 1. The first-order chi connectivity index (χ1) is 12.2. The Morgan fingerprint density at radius 1 is 1.32 bits per heavy atom. The van der Waals surface area contributed by atoms with Gasteiger partial charge in [-0.2, -0.15) is 5.10 Å². The van der Waals surface area contributed by atoms with E-state index >= 15 is 0 Å². The molecule has 0 aromatic carbocycles. The monoisotopic (exact) mass is 342 g/mol. The Labute approximate surface area is 148 Å². The van der Waals surface area contributed by atoms with Gasteiger partial charge in [-0.15, -0.1) is 0 Å². The van der Waals surface area contributed by atoms with Crippen molar-refractivity contribution in [1.82, 2.24) is 20.1 Å². The first kappa shape index (κ1) is 17.6.